The number of likely N-dealkylation sites (N-methyl/N-ethyl adjacent to an activating group) is 1. The number of halogens is 4. The van der Waals surface area contributed by atoms with E-state index >= 15 is 0 Å². The lowest BCUT2D eigenvalue weighted by Gasteiger charge is -2.44. The van der Waals surface area contributed by atoms with Crippen molar-refractivity contribution < 1.29 is 41.9 Å². The molecular formula is C71H81ClF3N15O6. The summed E-state index contributed by atoms with van der Waals surface area (Å²) in [5, 5.41) is 19.6. The molecule has 9 heterocycles. The molecule has 0 bridgehead atoms. The Morgan fingerprint density at radius 3 is 1.44 bits per heavy atom. The fourth-order valence-corrected chi connectivity index (χ4v) is 12.3. The summed E-state index contributed by atoms with van der Waals surface area (Å²) in [6, 6.07) is 19.7. The first-order valence-corrected chi connectivity index (χ1v) is 32.2. The number of aryl methyl sites for hydroxylation is 2. The Hall–Kier alpha value is -9.58. The van der Waals surface area contributed by atoms with Crippen LogP contribution >= 0.6 is 11.6 Å². The van der Waals surface area contributed by atoms with Crippen molar-refractivity contribution in [1.82, 2.24) is 74.0 Å². The number of carbonyl (C=O) groups is 6. The summed E-state index contributed by atoms with van der Waals surface area (Å²) in [5.74, 6) is -2.37. The quantitative estimate of drug-likeness (QED) is 0.152. The Bertz CT molecular complexity index is 4630. The van der Waals surface area contributed by atoms with Gasteiger partial charge in [-0.15, -0.1) is 0 Å². The molecule has 2 N–H and O–H groups in total. The third kappa shape index (κ3) is 13.3. The average Bonchev–Trinajstić information content (AvgIpc) is 1.57. The monoisotopic (exact) mass is 1330 g/mol. The predicted octanol–water partition coefficient (Wildman–Crippen LogP) is 11.0. The molecule has 0 unspecified atom stereocenters. The van der Waals surface area contributed by atoms with E-state index in [0.717, 1.165) is 33.4 Å². The molecule has 0 atom stereocenters. The first kappa shape index (κ1) is 69.3. The van der Waals surface area contributed by atoms with Crippen LogP contribution in [-0.2, 0) is 25.2 Å². The molecule has 21 nitrogen and oxygen atoms in total. The number of fused-ring (bicyclic) bond motifs is 3. The molecule has 0 aliphatic carbocycles. The fraction of sp³-hybridized carbons (Fsp3) is 0.408. The van der Waals surface area contributed by atoms with Crippen LogP contribution in [-0.4, -0.2) is 162 Å². The van der Waals surface area contributed by atoms with E-state index in [0.29, 0.717) is 84.4 Å². The van der Waals surface area contributed by atoms with E-state index in [2.05, 4.69) is 56.6 Å². The van der Waals surface area contributed by atoms with E-state index in [1.807, 2.05) is 59.7 Å². The van der Waals surface area contributed by atoms with E-state index in [4.69, 9.17) is 16.7 Å². The van der Waals surface area contributed by atoms with E-state index in [-0.39, 0.29) is 85.9 Å². The number of amides is 6. The summed E-state index contributed by atoms with van der Waals surface area (Å²) in [6.07, 6.45) is 4.80. The summed E-state index contributed by atoms with van der Waals surface area (Å²) in [6.45, 7) is 32.9. The molecule has 3 saturated heterocycles. The maximum Gasteiger partial charge on any atom is 0.275 e. The lowest BCUT2D eigenvalue weighted by molar-refractivity contribution is -0.144. The normalized spacial score (nSPS) is 16.3. The molecule has 0 spiro atoms. The summed E-state index contributed by atoms with van der Waals surface area (Å²) < 4.78 is 45.8. The molecular weight excluding hydrogens is 1250 g/mol. The zero-order valence-corrected chi connectivity index (χ0v) is 58.0. The fourth-order valence-electron chi connectivity index (χ4n) is 12.1. The maximum absolute atomic E-state index is 13.8. The number of hydrogen-bond acceptors (Lipinski definition) is 12. The van der Waals surface area contributed by atoms with Crippen LogP contribution in [0.25, 0.3) is 50.7 Å². The molecule has 12 rings (SSSR count). The van der Waals surface area contributed by atoms with Gasteiger partial charge in [-0.1, -0.05) is 67.0 Å². The highest BCUT2D eigenvalue weighted by molar-refractivity contribution is 6.31. The van der Waals surface area contributed by atoms with Crippen molar-refractivity contribution in [2.45, 2.75) is 144 Å². The van der Waals surface area contributed by atoms with Crippen LogP contribution in [0.5, 0.6) is 0 Å². The highest BCUT2D eigenvalue weighted by Crippen LogP contribution is 2.36. The maximum atomic E-state index is 13.8. The summed E-state index contributed by atoms with van der Waals surface area (Å²) in [7, 11) is 1.74. The van der Waals surface area contributed by atoms with Crippen molar-refractivity contribution >= 4 is 64.0 Å². The van der Waals surface area contributed by atoms with E-state index in [9.17, 15) is 41.9 Å². The minimum Gasteiger partial charge on any atom is -0.352 e. The Labute approximate surface area is 560 Å². The molecule has 3 aliphatic rings. The second kappa shape index (κ2) is 25.5. The molecule has 0 saturated carbocycles. The molecule has 3 aromatic carbocycles. The van der Waals surface area contributed by atoms with Crippen LogP contribution in [0, 0.1) is 31.3 Å². The van der Waals surface area contributed by atoms with Crippen molar-refractivity contribution in [3.8, 4) is 33.8 Å². The van der Waals surface area contributed by atoms with Crippen LogP contribution < -0.4 is 10.6 Å². The second-order valence-corrected chi connectivity index (χ2v) is 29.0. The molecule has 6 aromatic heterocycles. The minimum absolute atomic E-state index is 0.00816. The second-order valence-electron chi connectivity index (χ2n) is 28.5. The van der Waals surface area contributed by atoms with E-state index < -0.39 is 22.4 Å². The zero-order valence-electron chi connectivity index (χ0n) is 57.3. The van der Waals surface area contributed by atoms with Gasteiger partial charge in [-0.2, -0.15) is 15.3 Å². The third-order valence-electron chi connectivity index (χ3n) is 18.0. The lowest BCUT2D eigenvalue weighted by atomic mass is 9.87. The first-order chi connectivity index (χ1) is 44.8. The van der Waals surface area contributed by atoms with Crippen LogP contribution in [0.2, 0.25) is 5.02 Å². The minimum atomic E-state index is -0.985. The predicted molar refractivity (Wildman–Crippen MR) is 360 cm³/mol. The van der Waals surface area contributed by atoms with Gasteiger partial charge in [0.2, 0.25) is 17.7 Å². The van der Waals surface area contributed by atoms with Gasteiger partial charge in [0.05, 0.1) is 40.7 Å². The van der Waals surface area contributed by atoms with Gasteiger partial charge in [0.1, 0.15) is 51.2 Å². The van der Waals surface area contributed by atoms with Crippen molar-refractivity contribution in [3.05, 3.63) is 159 Å². The van der Waals surface area contributed by atoms with E-state index in [1.165, 1.54) is 35.2 Å². The molecule has 9 aromatic rings. The molecule has 504 valence electrons. The van der Waals surface area contributed by atoms with Gasteiger partial charge >= 0.3 is 0 Å². The number of piperazine rings is 3. The third-order valence-corrected chi connectivity index (χ3v) is 18.3. The van der Waals surface area contributed by atoms with Gasteiger partial charge in [-0.05, 0) is 156 Å². The van der Waals surface area contributed by atoms with Gasteiger partial charge in [0, 0.05) is 79.7 Å². The van der Waals surface area contributed by atoms with Gasteiger partial charge in [0.15, 0.2) is 16.9 Å². The lowest BCUT2D eigenvalue weighted by Crippen LogP contribution is -2.63. The summed E-state index contributed by atoms with van der Waals surface area (Å²) in [5.41, 5.74) is 7.17. The summed E-state index contributed by atoms with van der Waals surface area (Å²) >= 11 is 5.98. The Kier molecular flexibility index (Phi) is 18.4. The smallest absolute Gasteiger partial charge is 0.275 e. The number of hydrogen-bond donors (Lipinski definition) is 2. The van der Waals surface area contributed by atoms with Crippen LogP contribution in [0.1, 0.15) is 162 Å². The topological polar surface area (TPSA) is 230 Å². The SMILES string of the molecule is CC(C)(C)c1cc(-c2ccc(F)c(Cl)c2)nn2cc(C(=O)N3CCNC(=O)C3(C)C)nc12.Cc1cc(-c2cc(C(C)C)c3nc(C(=O)N4CCN(C)C(=O)C4(C)C)cn3n2)ccc1F.Cc1cc(F)ccc1-c1cc(C(C)(C)C)c2nc(C(=O)N3CCNC(=O)C3(C)C)cn2n1. The molecule has 96 heavy (non-hydrogen) atoms. The largest absolute Gasteiger partial charge is 0.352 e. The summed E-state index contributed by atoms with van der Waals surface area (Å²) in [4.78, 5) is 97.4. The van der Waals surface area contributed by atoms with Gasteiger partial charge < -0.3 is 30.2 Å². The molecule has 3 aliphatic heterocycles. The van der Waals surface area contributed by atoms with Crippen molar-refractivity contribution in [3.63, 3.8) is 0 Å². The van der Waals surface area contributed by atoms with Gasteiger partial charge in [-0.3, -0.25) is 28.8 Å². The van der Waals surface area contributed by atoms with Crippen LogP contribution in [0.15, 0.2) is 91.4 Å². The number of nitrogens with zero attached hydrogens (tertiary/aromatic N) is 13. The molecule has 6 amide bonds. The van der Waals surface area contributed by atoms with Crippen molar-refractivity contribution in [2.24, 2.45) is 0 Å². The standard InChI is InChI=1S/2C24H28FN5O2.C23H25ClFN5O2/c1-14-11-15(25)7-8-16(14)18-12-17(23(2,3)4)20-27-19(13-30(20)28-18)21(31)29-10-9-26-22(32)24(29,5)6;1-14(2)17-12-19(16-7-8-18(25)15(3)11-16)27-30-13-20(26-21(17)30)22(31)29-10-9-28(6)23(32)24(29,4)5;1-22(2,3)14-11-17(13-6-7-16(25)15(24)10-13)28-30-12-18(27-19(14)30)20(31)29-9-8-26-21(32)23(29,4)5/h7-8,11-13H,9-10H2,1-6H3,(H,26,32);7-8,11-14H,9-10H2,1-6H3;6-7,10-12H,8-9H2,1-5H3,(H,26,32). The Morgan fingerprint density at radius 1 is 0.531 bits per heavy atom. The number of aromatic nitrogens is 9. The van der Waals surface area contributed by atoms with Crippen molar-refractivity contribution in [1.29, 1.82) is 0 Å². The molecule has 3 fully saturated rings. The number of imidazole rings is 3. The Morgan fingerprint density at radius 2 is 0.969 bits per heavy atom. The van der Waals surface area contributed by atoms with Gasteiger partial charge in [0.25, 0.3) is 17.7 Å². The number of rotatable bonds is 7. The molecule has 0 radical (unpaired) electrons. The van der Waals surface area contributed by atoms with E-state index in [1.54, 1.807) is 127 Å². The number of benzene rings is 3. The Balaban J connectivity index is 0.000000157. The molecule has 25 heteroatoms. The first-order valence-electron chi connectivity index (χ1n) is 31.8. The highest BCUT2D eigenvalue weighted by atomic mass is 35.5. The number of nitrogens with one attached hydrogen (secondary N) is 2. The van der Waals surface area contributed by atoms with Crippen LogP contribution in [0.4, 0.5) is 13.2 Å². The highest BCUT2D eigenvalue weighted by Gasteiger charge is 2.45. The van der Waals surface area contributed by atoms with Crippen molar-refractivity contribution in [2.75, 3.05) is 46.3 Å². The number of carbonyl (C=O) groups excluding carboxylic acids is 6. The van der Waals surface area contributed by atoms with Gasteiger partial charge in [-0.25, -0.2) is 41.7 Å². The average molecular weight is 1330 g/mol. The van der Waals surface area contributed by atoms with Crippen LogP contribution in [0.3, 0.4) is 0 Å². The zero-order chi connectivity index (χ0) is 70.2.